The molecule has 8 nitrogen and oxygen atoms in total. The van der Waals surface area contributed by atoms with Crippen molar-refractivity contribution in [2.75, 3.05) is 0 Å². The summed E-state index contributed by atoms with van der Waals surface area (Å²) < 4.78 is 19.0. The Morgan fingerprint density at radius 3 is 0.667 bits per heavy atom. The van der Waals surface area contributed by atoms with Gasteiger partial charge in [0.1, 0.15) is 0 Å². The topological polar surface area (TPSA) is 129 Å². The molecule has 0 atom stereocenters. The molecule has 1 aliphatic rings. The van der Waals surface area contributed by atoms with Crippen LogP contribution in [0.5, 0.6) is 0 Å². The minimum atomic E-state index is -4.61. The molecule has 0 N–H and O–H groups in total. The summed E-state index contributed by atoms with van der Waals surface area (Å²) in [5.41, 5.74) is 2.77. The van der Waals surface area contributed by atoms with Crippen LogP contribution in [0.15, 0.2) is 49.1 Å². The minimum Gasteiger partial charge on any atom is -0.814 e. The Hall–Kier alpha value is 3.51. The van der Waals surface area contributed by atoms with Crippen molar-refractivity contribution in [1.29, 1.82) is 0 Å². The summed E-state index contributed by atoms with van der Waals surface area (Å²) in [7, 11) is -18.4. The first kappa shape index (κ1) is 35.0. The molecule has 24 heavy (non-hydrogen) atoms. The normalized spacial score (nSPS) is 38.2. The van der Waals surface area contributed by atoms with Gasteiger partial charge in [0, 0.05) is 0 Å². The third-order valence-electron chi connectivity index (χ3n) is 2.14. The maximum absolute atomic E-state index is 12.2. The van der Waals surface area contributed by atoms with Gasteiger partial charge >= 0.3 is 118 Å². The van der Waals surface area contributed by atoms with Crippen molar-refractivity contribution in [1.82, 2.24) is 0 Å². The van der Waals surface area contributed by atoms with E-state index in [-0.39, 0.29) is 118 Å². The van der Waals surface area contributed by atoms with E-state index in [0.29, 0.717) is 22.8 Å². The molecule has 16 heteroatoms. The fourth-order valence-electron chi connectivity index (χ4n) is 1.21. The van der Waals surface area contributed by atoms with E-state index in [0.717, 1.165) is 0 Å². The quantitative estimate of drug-likeness (QED) is 0.394. The van der Waals surface area contributed by atoms with Crippen LogP contribution in [-0.2, 0) is 16.5 Å². The molecule has 0 aromatic rings. The van der Waals surface area contributed by atoms with Crippen molar-refractivity contribution in [3.05, 3.63) is 49.1 Å². The molecule has 1 heterocycles. The van der Waals surface area contributed by atoms with Gasteiger partial charge in [0.25, 0.3) is 35.2 Å². The van der Waals surface area contributed by atoms with Gasteiger partial charge in [-0.1, -0.05) is 22.8 Å². The average molecular weight is 440 g/mol. The Morgan fingerprint density at radius 2 is 0.583 bits per heavy atom. The van der Waals surface area contributed by atoms with Crippen molar-refractivity contribution in [2.45, 2.75) is 0 Å². The molecule has 0 aliphatic carbocycles. The van der Waals surface area contributed by atoms with Crippen LogP contribution in [0.2, 0.25) is 0 Å². The van der Waals surface area contributed by atoms with E-state index in [2.05, 4.69) is 26.3 Å². The van der Waals surface area contributed by atoms with Gasteiger partial charge in [-0.2, -0.15) is 0 Å². The monoisotopic (exact) mass is 440 g/mol. The molecule has 112 valence electrons. The molecule has 1 aliphatic heterocycles. The van der Waals surface area contributed by atoms with E-state index >= 15 is 0 Å². The second-order valence-electron chi connectivity index (χ2n) is 3.64. The van der Waals surface area contributed by atoms with Gasteiger partial charge in [-0.3, -0.25) is 0 Å². The zero-order chi connectivity index (χ0) is 15.7. The molecule has 0 radical (unpaired) electrons. The van der Waals surface area contributed by atoms with Crippen LogP contribution in [0.4, 0.5) is 0 Å². The summed E-state index contributed by atoms with van der Waals surface area (Å²) in [5.74, 6) is 0. The Balaban J connectivity index is -0.000000500. The van der Waals surface area contributed by atoms with E-state index in [1.807, 2.05) is 0 Å². The molecular weight excluding hydrogens is 428 g/mol. The van der Waals surface area contributed by atoms with E-state index < -0.39 is 35.2 Å². The first-order valence-electron chi connectivity index (χ1n) is 5.24. The van der Waals surface area contributed by atoms with Crippen molar-refractivity contribution < 1.29 is 154 Å². The van der Waals surface area contributed by atoms with Gasteiger partial charge in [-0.15, -0.1) is 26.3 Å². The van der Waals surface area contributed by atoms with Gasteiger partial charge in [-0.05, 0) is 0 Å². The fourth-order valence-corrected chi connectivity index (χ4v) is 12.4. The van der Waals surface area contributed by atoms with Gasteiger partial charge in [0.2, 0.25) is 0 Å². The van der Waals surface area contributed by atoms with Crippen molar-refractivity contribution in [3.63, 3.8) is 0 Å². The second-order valence-corrected chi connectivity index (χ2v) is 13.4. The molecule has 0 bridgehead atoms. The Morgan fingerprint density at radius 1 is 0.458 bits per heavy atom. The van der Waals surface area contributed by atoms with E-state index in [1.54, 1.807) is 0 Å². The van der Waals surface area contributed by atoms with Gasteiger partial charge in [-0.25, -0.2) is 0 Å². The number of rotatable bonds is 4. The molecular formula is C8H12Na4O8Si4. The van der Waals surface area contributed by atoms with Crippen LogP contribution in [-0.4, -0.2) is 35.2 Å². The molecule has 0 spiro atoms. The summed E-state index contributed by atoms with van der Waals surface area (Å²) in [6, 6.07) is 0. The summed E-state index contributed by atoms with van der Waals surface area (Å²) in [5, 5.41) is 0. The maximum Gasteiger partial charge on any atom is 1.00 e. The molecule has 0 aromatic carbocycles. The van der Waals surface area contributed by atoms with Crippen LogP contribution in [0, 0.1) is 0 Å². The second kappa shape index (κ2) is 13.7. The van der Waals surface area contributed by atoms with Crippen molar-refractivity contribution in [3.8, 4) is 0 Å². The maximum atomic E-state index is 12.2. The fraction of sp³-hybridized carbons (Fsp3) is 0. The van der Waals surface area contributed by atoms with Gasteiger partial charge in [0.05, 0.1) is 0 Å². The van der Waals surface area contributed by atoms with Crippen molar-refractivity contribution >= 4 is 35.2 Å². The van der Waals surface area contributed by atoms with E-state index in [1.165, 1.54) is 0 Å². The standard InChI is InChI=1S/C8H12O8Si4.4Na/c1-5-17(9)13-18(10,6-2)15-20(12,8-4)16-19(11,7-3)14-17;;;;/h5-8H,1-4H2;;;;/q-4;4*+1. The van der Waals surface area contributed by atoms with Crippen molar-refractivity contribution in [2.24, 2.45) is 0 Å². The molecule has 0 unspecified atom stereocenters. The first-order valence-corrected chi connectivity index (χ1v) is 12.4. The summed E-state index contributed by atoms with van der Waals surface area (Å²) in [6.45, 7) is 12.7. The first-order chi connectivity index (χ1) is 9.07. The smallest absolute Gasteiger partial charge is 0.814 e. The van der Waals surface area contributed by atoms with E-state index in [4.69, 9.17) is 16.5 Å². The van der Waals surface area contributed by atoms with Gasteiger partial charge < -0.3 is 35.6 Å². The molecule has 1 saturated heterocycles. The van der Waals surface area contributed by atoms with Crippen LogP contribution >= 0.6 is 0 Å². The Labute approximate surface area is 234 Å². The van der Waals surface area contributed by atoms with E-state index in [9.17, 15) is 19.2 Å². The third kappa shape index (κ3) is 9.82. The SMILES string of the molecule is C=C[Si]1([O-])O[Si]([O-])(C=C)O[Si]([O-])(C=C)O[Si]([O-])(C=C)O1.[Na+].[Na+].[Na+].[Na+]. The largest absolute Gasteiger partial charge is 1.00 e. The summed E-state index contributed by atoms with van der Waals surface area (Å²) in [6.07, 6.45) is 0. The number of hydrogen-bond acceptors (Lipinski definition) is 8. The Bertz CT molecular complexity index is 368. The van der Waals surface area contributed by atoms with Crippen LogP contribution in [0.1, 0.15) is 0 Å². The van der Waals surface area contributed by atoms with Crippen LogP contribution in [0.3, 0.4) is 0 Å². The predicted molar refractivity (Wildman–Crippen MR) is 68.1 cm³/mol. The molecule has 1 rings (SSSR count). The zero-order valence-electron chi connectivity index (χ0n) is 14.4. The molecule has 0 saturated carbocycles. The van der Waals surface area contributed by atoms with Crippen LogP contribution < -0.4 is 137 Å². The van der Waals surface area contributed by atoms with Gasteiger partial charge in [0.15, 0.2) is 0 Å². The Kier molecular flexibility index (Phi) is 19.9. The minimum absolute atomic E-state index is 0. The third-order valence-corrected chi connectivity index (χ3v) is 13.2. The predicted octanol–water partition coefficient (Wildman–Crippen LogP) is -15.8. The average Bonchev–Trinajstić information content (AvgIpc) is 2.36. The molecule has 0 amide bonds. The van der Waals surface area contributed by atoms with Crippen LogP contribution in [0.25, 0.3) is 0 Å². The zero-order valence-corrected chi connectivity index (χ0v) is 26.4. The summed E-state index contributed by atoms with van der Waals surface area (Å²) in [4.78, 5) is 48.8. The number of hydrogen-bond donors (Lipinski definition) is 0. The summed E-state index contributed by atoms with van der Waals surface area (Å²) >= 11 is 0. The molecule has 1 fully saturated rings. The molecule has 0 aromatic heterocycles.